The van der Waals surface area contributed by atoms with Crippen molar-refractivity contribution in [2.24, 2.45) is 5.41 Å². The van der Waals surface area contributed by atoms with Crippen molar-refractivity contribution in [3.05, 3.63) is 28.4 Å². The van der Waals surface area contributed by atoms with Crippen molar-refractivity contribution in [3.8, 4) is 0 Å². The van der Waals surface area contributed by atoms with Gasteiger partial charge >= 0.3 is 5.69 Å². The number of hydrogen-bond donors (Lipinski definition) is 2. The summed E-state index contributed by atoms with van der Waals surface area (Å²) in [6, 6.07) is 3.34. The van der Waals surface area contributed by atoms with Crippen LogP contribution in [-0.2, 0) is 0 Å². The van der Waals surface area contributed by atoms with Crippen molar-refractivity contribution in [2.75, 3.05) is 18.4 Å². The Bertz CT molecular complexity index is 462. The maximum Gasteiger partial charge on any atom is 0.311 e. The molecule has 104 valence electrons. The van der Waals surface area contributed by atoms with Gasteiger partial charge in [0.25, 0.3) is 0 Å². The van der Waals surface area contributed by atoms with Gasteiger partial charge in [-0.05, 0) is 30.9 Å². The molecule has 0 spiro atoms. The fourth-order valence-corrected chi connectivity index (χ4v) is 2.50. The van der Waals surface area contributed by atoms with Gasteiger partial charge in [0.15, 0.2) is 0 Å². The Morgan fingerprint density at radius 3 is 3.11 bits per heavy atom. The number of nitrogens with one attached hydrogen (secondary N) is 2. The van der Waals surface area contributed by atoms with E-state index in [2.05, 4.69) is 29.5 Å². The van der Waals surface area contributed by atoms with Gasteiger partial charge in [-0.25, -0.2) is 4.98 Å². The van der Waals surface area contributed by atoms with Crippen LogP contribution in [0, 0.1) is 15.5 Å². The first-order valence-corrected chi connectivity index (χ1v) is 6.57. The van der Waals surface area contributed by atoms with E-state index < -0.39 is 4.92 Å². The van der Waals surface area contributed by atoms with Crippen molar-refractivity contribution in [1.29, 1.82) is 0 Å². The van der Waals surface area contributed by atoms with Crippen LogP contribution in [0.2, 0.25) is 0 Å². The highest BCUT2D eigenvalue weighted by molar-refractivity contribution is 5.55. The van der Waals surface area contributed by atoms with Gasteiger partial charge in [0.1, 0.15) is 0 Å². The molecule has 1 atom stereocenters. The van der Waals surface area contributed by atoms with E-state index in [1.807, 2.05) is 0 Å². The summed E-state index contributed by atoms with van der Waals surface area (Å²) in [6.07, 6.45) is 3.90. The Morgan fingerprint density at radius 1 is 1.63 bits per heavy atom. The average Bonchev–Trinajstić information content (AvgIpc) is 2.37. The van der Waals surface area contributed by atoms with E-state index in [1.54, 1.807) is 12.3 Å². The van der Waals surface area contributed by atoms with Gasteiger partial charge < -0.3 is 10.6 Å². The molecule has 6 nitrogen and oxygen atoms in total. The maximum absolute atomic E-state index is 10.9. The van der Waals surface area contributed by atoms with Crippen LogP contribution in [0.3, 0.4) is 0 Å². The number of rotatable bonds is 4. The summed E-state index contributed by atoms with van der Waals surface area (Å²) in [6.45, 7) is 6.08. The predicted molar refractivity (Wildman–Crippen MR) is 74.2 cm³/mol. The summed E-state index contributed by atoms with van der Waals surface area (Å²) in [7, 11) is 0. The number of aromatic nitrogens is 1. The maximum atomic E-state index is 10.9. The second kappa shape index (κ2) is 5.52. The van der Waals surface area contributed by atoms with Crippen LogP contribution in [0.5, 0.6) is 0 Å². The Balaban J connectivity index is 2.04. The molecule has 1 fully saturated rings. The molecule has 1 unspecified atom stereocenters. The second-order valence-electron chi connectivity index (χ2n) is 5.61. The third-order valence-electron chi connectivity index (χ3n) is 3.79. The van der Waals surface area contributed by atoms with Gasteiger partial charge in [0, 0.05) is 24.8 Å². The summed E-state index contributed by atoms with van der Waals surface area (Å²) in [5, 5.41) is 17.5. The van der Waals surface area contributed by atoms with E-state index in [0.29, 0.717) is 18.4 Å². The van der Waals surface area contributed by atoms with Crippen molar-refractivity contribution >= 4 is 11.5 Å². The topological polar surface area (TPSA) is 80.1 Å². The SMILES string of the molecule is CC1(C)CCCNC1CNc1ncccc1[N+](=O)[O-]. The van der Waals surface area contributed by atoms with Crippen molar-refractivity contribution < 1.29 is 4.92 Å². The quantitative estimate of drug-likeness (QED) is 0.643. The summed E-state index contributed by atoms with van der Waals surface area (Å²) in [5.74, 6) is 0.343. The van der Waals surface area contributed by atoms with Gasteiger partial charge in [0.05, 0.1) is 4.92 Å². The monoisotopic (exact) mass is 264 g/mol. The van der Waals surface area contributed by atoms with Crippen LogP contribution in [-0.4, -0.2) is 29.0 Å². The summed E-state index contributed by atoms with van der Waals surface area (Å²) in [4.78, 5) is 14.6. The first kappa shape index (κ1) is 13.7. The lowest BCUT2D eigenvalue weighted by atomic mass is 9.77. The molecule has 2 N–H and O–H groups in total. The number of hydrogen-bond acceptors (Lipinski definition) is 5. The first-order valence-electron chi connectivity index (χ1n) is 6.57. The predicted octanol–water partition coefficient (Wildman–Crippen LogP) is 2.18. The minimum absolute atomic E-state index is 0.0242. The highest BCUT2D eigenvalue weighted by Gasteiger charge is 2.32. The molecule has 1 aliphatic rings. The highest BCUT2D eigenvalue weighted by Crippen LogP contribution is 2.30. The Morgan fingerprint density at radius 2 is 2.42 bits per heavy atom. The zero-order valence-electron chi connectivity index (χ0n) is 11.3. The number of nitro groups is 1. The van der Waals surface area contributed by atoms with Crippen LogP contribution in [0.15, 0.2) is 18.3 Å². The lowest BCUT2D eigenvalue weighted by Crippen LogP contribution is -2.50. The molecular formula is C13H20N4O2. The third kappa shape index (κ3) is 3.20. The molecule has 1 aromatic heterocycles. The number of anilines is 1. The molecule has 2 heterocycles. The van der Waals surface area contributed by atoms with E-state index in [4.69, 9.17) is 0 Å². The van der Waals surface area contributed by atoms with Crippen LogP contribution in [0.1, 0.15) is 26.7 Å². The van der Waals surface area contributed by atoms with Gasteiger partial charge in [-0.15, -0.1) is 0 Å². The number of piperidine rings is 1. The smallest absolute Gasteiger partial charge is 0.311 e. The van der Waals surface area contributed by atoms with Crippen LogP contribution in [0.4, 0.5) is 11.5 Å². The van der Waals surface area contributed by atoms with Crippen molar-refractivity contribution in [2.45, 2.75) is 32.7 Å². The second-order valence-corrected chi connectivity index (χ2v) is 5.61. The first-order chi connectivity index (χ1) is 9.00. The van der Waals surface area contributed by atoms with E-state index in [1.165, 1.54) is 12.5 Å². The minimum atomic E-state index is -0.408. The molecule has 0 saturated carbocycles. The van der Waals surface area contributed by atoms with E-state index in [-0.39, 0.29) is 11.1 Å². The highest BCUT2D eigenvalue weighted by atomic mass is 16.6. The van der Waals surface area contributed by atoms with Gasteiger partial charge in [-0.3, -0.25) is 10.1 Å². The Labute approximate surface area is 112 Å². The molecule has 0 aromatic carbocycles. The van der Waals surface area contributed by atoms with E-state index in [0.717, 1.165) is 13.0 Å². The number of nitrogens with zero attached hydrogens (tertiary/aromatic N) is 2. The number of pyridine rings is 1. The molecule has 0 bridgehead atoms. The van der Waals surface area contributed by atoms with Gasteiger partial charge in [0.2, 0.25) is 5.82 Å². The van der Waals surface area contributed by atoms with Crippen LogP contribution >= 0.6 is 0 Å². The molecule has 1 aromatic rings. The zero-order chi connectivity index (χ0) is 13.9. The molecule has 2 rings (SSSR count). The molecule has 0 aliphatic carbocycles. The standard InChI is InChI=1S/C13H20N4O2/c1-13(2)6-4-8-14-11(13)9-16-12-10(17(18)19)5-3-7-15-12/h3,5,7,11,14H,4,6,8-9H2,1-2H3,(H,15,16). The molecule has 0 amide bonds. The third-order valence-corrected chi connectivity index (χ3v) is 3.79. The molecule has 6 heteroatoms. The lowest BCUT2D eigenvalue weighted by Gasteiger charge is -2.39. The fraction of sp³-hybridized carbons (Fsp3) is 0.615. The van der Waals surface area contributed by atoms with Crippen LogP contribution < -0.4 is 10.6 Å². The summed E-state index contributed by atoms with van der Waals surface area (Å²) >= 11 is 0. The van der Waals surface area contributed by atoms with Crippen molar-refractivity contribution in [3.63, 3.8) is 0 Å². The van der Waals surface area contributed by atoms with Gasteiger partial charge in [-0.2, -0.15) is 0 Å². The largest absolute Gasteiger partial charge is 0.363 e. The molecule has 19 heavy (non-hydrogen) atoms. The molecule has 1 saturated heterocycles. The molecular weight excluding hydrogens is 244 g/mol. The van der Waals surface area contributed by atoms with Crippen molar-refractivity contribution in [1.82, 2.24) is 10.3 Å². The Hall–Kier alpha value is -1.69. The molecule has 0 radical (unpaired) electrons. The lowest BCUT2D eigenvalue weighted by molar-refractivity contribution is -0.384. The summed E-state index contributed by atoms with van der Waals surface area (Å²) < 4.78 is 0. The van der Waals surface area contributed by atoms with Crippen LogP contribution in [0.25, 0.3) is 0 Å². The van der Waals surface area contributed by atoms with Gasteiger partial charge in [-0.1, -0.05) is 13.8 Å². The Kier molecular flexibility index (Phi) is 3.99. The molecule has 1 aliphatic heterocycles. The zero-order valence-corrected chi connectivity index (χ0v) is 11.3. The fourth-order valence-electron chi connectivity index (χ4n) is 2.50. The summed E-state index contributed by atoms with van der Waals surface area (Å²) in [5.41, 5.74) is 0.213. The normalized spacial score (nSPS) is 21.9. The van der Waals surface area contributed by atoms with E-state index in [9.17, 15) is 10.1 Å². The minimum Gasteiger partial charge on any atom is -0.363 e. The van der Waals surface area contributed by atoms with E-state index >= 15 is 0 Å². The average molecular weight is 264 g/mol.